The lowest BCUT2D eigenvalue weighted by atomic mass is 10.3. The number of aryl methyl sites for hydroxylation is 1. The van der Waals surface area contributed by atoms with Gasteiger partial charge in [-0.25, -0.2) is 0 Å². The van der Waals surface area contributed by atoms with Crippen molar-refractivity contribution in [2.45, 2.75) is 13.3 Å². The molecule has 3 aromatic heterocycles. The van der Waals surface area contributed by atoms with Gasteiger partial charge in [-0.05, 0) is 36.9 Å². The second kappa shape index (κ2) is 6.20. The highest BCUT2D eigenvalue weighted by molar-refractivity contribution is 7.08. The third-order valence-corrected chi connectivity index (χ3v) is 4.96. The maximum absolute atomic E-state index is 12.5. The van der Waals surface area contributed by atoms with Gasteiger partial charge in [-0.1, -0.05) is 0 Å². The van der Waals surface area contributed by atoms with Gasteiger partial charge in [-0.15, -0.1) is 15.3 Å². The molecule has 4 heterocycles. The van der Waals surface area contributed by atoms with Crippen LogP contribution in [-0.4, -0.2) is 56.8 Å². The molecule has 4 rings (SSSR count). The summed E-state index contributed by atoms with van der Waals surface area (Å²) >= 11 is 1.56. The molecule has 1 saturated heterocycles. The van der Waals surface area contributed by atoms with Gasteiger partial charge in [0.15, 0.2) is 11.5 Å². The van der Waals surface area contributed by atoms with Gasteiger partial charge in [0.2, 0.25) is 0 Å². The Morgan fingerprint density at radius 2 is 2.04 bits per heavy atom. The molecule has 0 radical (unpaired) electrons. The summed E-state index contributed by atoms with van der Waals surface area (Å²) < 4.78 is 1.76. The molecule has 0 aromatic carbocycles. The number of hydrogen-bond acceptors (Lipinski definition) is 6. The predicted octanol–water partition coefficient (Wildman–Crippen LogP) is 1.85. The number of amides is 1. The fourth-order valence-corrected chi connectivity index (χ4v) is 3.60. The summed E-state index contributed by atoms with van der Waals surface area (Å²) in [6.07, 6.45) is 0.927. The molecule has 124 valence electrons. The van der Waals surface area contributed by atoms with E-state index in [0.29, 0.717) is 6.54 Å². The van der Waals surface area contributed by atoms with E-state index < -0.39 is 0 Å². The standard InChI is InChI=1S/C16H18N6OS/c1-12-17-18-14-3-4-15(19-22(12)14)20-6-2-7-21(9-8-20)16(23)13-5-10-24-11-13/h3-5,10-11H,2,6-9H2,1H3. The molecule has 8 heteroatoms. The van der Waals surface area contributed by atoms with Crippen LogP contribution < -0.4 is 4.90 Å². The summed E-state index contributed by atoms with van der Waals surface area (Å²) in [7, 11) is 0. The lowest BCUT2D eigenvalue weighted by Crippen LogP contribution is -2.35. The van der Waals surface area contributed by atoms with Crippen LogP contribution in [0.2, 0.25) is 0 Å². The van der Waals surface area contributed by atoms with Crippen LogP contribution >= 0.6 is 11.3 Å². The van der Waals surface area contributed by atoms with E-state index >= 15 is 0 Å². The van der Waals surface area contributed by atoms with Crippen LogP contribution in [0.15, 0.2) is 29.0 Å². The Kier molecular flexibility index (Phi) is 3.89. The molecule has 1 amide bonds. The van der Waals surface area contributed by atoms with Crippen LogP contribution in [-0.2, 0) is 0 Å². The molecule has 0 bridgehead atoms. The normalized spacial score (nSPS) is 15.7. The summed E-state index contributed by atoms with van der Waals surface area (Å²) in [5.41, 5.74) is 1.54. The highest BCUT2D eigenvalue weighted by Gasteiger charge is 2.21. The number of rotatable bonds is 2. The van der Waals surface area contributed by atoms with Gasteiger partial charge in [-0.3, -0.25) is 4.79 Å². The highest BCUT2D eigenvalue weighted by Crippen LogP contribution is 2.17. The fraction of sp³-hybridized carbons (Fsp3) is 0.375. The molecule has 0 N–H and O–H groups in total. The van der Waals surface area contributed by atoms with Crippen molar-refractivity contribution in [1.29, 1.82) is 0 Å². The average molecular weight is 342 g/mol. The first kappa shape index (κ1) is 15.1. The van der Waals surface area contributed by atoms with Crippen molar-refractivity contribution in [3.63, 3.8) is 0 Å². The molecular formula is C16H18N6OS. The van der Waals surface area contributed by atoms with Crippen molar-refractivity contribution < 1.29 is 4.79 Å². The molecule has 3 aromatic rings. The van der Waals surface area contributed by atoms with E-state index in [0.717, 1.165) is 48.9 Å². The molecule has 0 aliphatic carbocycles. The first-order chi connectivity index (χ1) is 11.7. The molecule has 0 atom stereocenters. The number of carbonyl (C=O) groups excluding carboxylic acids is 1. The predicted molar refractivity (Wildman–Crippen MR) is 92.6 cm³/mol. The number of carbonyl (C=O) groups is 1. The minimum atomic E-state index is 0.121. The van der Waals surface area contributed by atoms with Gasteiger partial charge in [0.05, 0.1) is 5.56 Å². The largest absolute Gasteiger partial charge is 0.353 e. The van der Waals surface area contributed by atoms with Crippen molar-refractivity contribution in [3.8, 4) is 0 Å². The van der Waals surface area contributed by atoms with Gasteiger partial charge in [0, 0.05) is 31.6 Å². The van der Waals surface area contributed by atoms with Crippen molar-refractivity contribution in [2.24, 2.45) is 0 Å². The van der Waals surface area contributed by atoms with E-state index in [1.807, 2.05) is 40.8 Å². The van der Waals surface area contributed by atoms with Gasteiger partial charge < -0.3 is 9.80 Å². The van der Waals surface area contributed by atoms with Crippen molar-refractivity contribution >= 4 is 28.7 Å². The lowest BCUT2D eigenvalue weighted by molar-refractivity contribution is 0.0767. The molecule has 1 fully saturated rings. The number of anilines is 1. The van der Waals surface area contributed by atoms with Crippen molar-refractivity contribution in [1.82, 2.24) is 24.7 Å². The van der Waals surface area contributed by atoms with Crippen LogP contribution in [0.4, 0.5) is 5.82 Å². The van der Waals surface area contributed by atoms with E-state index in [2.05, 4.69) is 20.2 Å². The molecule has 0 spiro atoms. The van der Waals surface area contributed by atoms with E-state index in [4.69, 9.17) is 0 Å². The second-order valence-corrected chi connectivity index (χ2v) is 6.63. The second-order valence-electron chi connectivity index (χ2n) is 5.85. The molecule has 0 saturated carbocycles. The van der Waals surface area contributed by atoms with Crippen molar-refractivity contribution in [2.75, 3.05) is 31.1 Å². The third kappa shape index (κ3) is 2.73. The van der Waals surface area contributed by atoms with E-state index in [1.54, 1.807) is 15.9 Å². The Morgan fingerprint density at radius 3 is 2.88 bits per heavy atom. The molecule has 0 unspecified atom stereocenters. The summed E-state index contributed by atoms with van der Waals surface area (Å²) in [6.45, 7) is 5.03. The van der Waals surface area contributed by atoms with Crippen molar-refractivity contribution in [3.05, 3.63) is 40.3 Å². The van der Waals surface area contributed by atoms with Crippen LogP contribution in [0.3, 0.4) is 0 Å². The zero-order chi connectivity index (χ0) is 16.5. The quantitative estimate of drug-likeness (QED) is 0.711. The zero-order valence-corrected chi connectivity index (χ0v) is 14.2. The summed E-state index contributed by atoms with van der Waals surface area (Å²) in [4.78, 5) is 16.7. The summed E-state index contributed by atoms with van der Waals surface area (Å²) in [6, 6.07) is 5.79. The minimum absolute atomic E-state index is 0.121. The third-order valence-electron chi connectivity index (χ3n) is 4.28. The SMILES string of the molecule is Cc1nnc2ccc(N3CCCN(C(=O)c4ccsc4)CC3)nn12. The lowest BCUT2D eigenvalue weighted by Gasteiger charge is -2.22. The van der Waals surface area contributed by atoms with E-state index in [9.17, 15) is 4.79 Å². The molecular weight excluding hydrogens is 324 g/mol. The van der Waals surface area contributed by atoms with Crippen LogP contribution in [0.5, 0.6) is 0 Å². The zero-order valence-electron chi connectivity index (χ0n) is 13.4. The Morgan fingerprint density at radius 1 is 1.12 bits per heavy atom. The Bertz CT molecular complexity index is 859. The number of hydrogen-bond donors (Lipinski definition) is 0. The first-order valence-corrected chi connectivity index (χ1v) is 8.92. The molecule has 1 aliphatic rings. The Balaban J connectivity index is 1.51. The maximum Gasteiger partial charge on any atom is 0.254 e. The topological polar surface area (TPSA) is 66.6 Å². The number of fused-ring (bicyclic) bond motifs is 1. The fourth-order valence-electron chi connectivity index (χ4n) is 2.97. The monoisotopic (exact) mass is 342 g/mol. The minimum Gasteiger partial charge on any atom is -0.353 e. The molecule has 7 nitrogen and oxygen atoms in total. The summed E-state index contributed by atoms with van der Waals surface area (Å²) in [5, 5.41) is 16.6. The Hall–Kier alpha value is -2.48. The van der Waals surface area contributed by atoms with E-state index in [-0.39, 0.29) is 5.91 Å². The highest BCUT2D eigenvalue weighted by atomic mass is 32.1. The summed E-state index contributed by atoms with van der Waals surface area (Å²) in [5.74, 6) is 1.79. The van der Waals surface area contributed by atoms with Crippen LogP contribution in [0.1, 0.15) is 22.6 Å². The van der Waals surface area contributed by atoms with Gasteiger partial charge >= 0.3 is 0 Å². The van der Waals surface area contributed by atoms with Crippen LogP contribution in [0, 0.1) is 6.92 Å². The Labute approximate surface area is 143 Å². The molecule has 1 aliphatic heterocycles. The van der Waals surface area contributed by atoms with E-state index in [1.165, 1.54) is 0 Å². The van der Waals surface area contributed by atoms with Gasteiger partial charge in [0.25, 0.3) is 5.91 Å². The average Bonchev–Trinajstić information content (AvgIpc) is 3.19. The van der Waals surface area contributed by atoms with Gasteiger partial charge in [-0.2, -0.15) is 15.9 Å². The number of nitrogens with zero attached hydrogens (tertiary/aromatic N) is 6. The number of aromatic nitrogens is 4. The first-order valence-electron chi connectivity index (χ1n) is 7.98. The molecule has 24 heavy (non-hydrogen) atoms. The smallest absolute Gasteiger partial charge is 0.254 e. The number of thiophene rings is 1. The maximum atomic E-state index is 12.5. The van der Waals surface area contributed by atoms with Gasteiger partial charge in [0.1, 0.15) is 5.82 Å². The van der Waals surface area contributed by atoms with Crippen LogP contribution in [0.25, 0.3) is 5.65 Å².